The van der Waals surface area contributed by atoms with E-state index in [1.54, 1.807) is 0 Å². The van der Waals surface area contributed by atoms with E-state index < -0.39 is 0 Å². The van der Waals surface area contributed by atoms with E-state index in [0.717, 1.165) is 33.6 Å². The molecule has 0 atom stereocenters. The lowest BCUT2D eigenvalue weighted by Gasteiger charge is -2.00. The molecule has 0 fully saturated rings. The van der Waals surface area contributed by atoms with Gasteiger partial charge in [-0.3, -0.25) is 4.79 Å². The Kier molecular flexibility index (Phi) is 4.89. The zero-order valence-corrected chi connectivity index (χ0v) is 19.1. The molecule has 164 valence electrons. The van der Waals surface area contributed by atoms with Gasteiger partial charge in [-0.2, -0.15) is 14.6 Å². The summed E-state index contributed by atoms with van der Waals surface area (Å²) in [6.45, 7) is 2.03. The Hall–Kier alpha value is -4.36. The summed E-state index contributed by atoms with van der Waals surface area (Å²) in [6.07, 6.45) is 3.83. The first-order chi connectivity index (χ1) is 16.7. The van der Waals surface area contributed by atoms with E-state index in [0.29, 0.717) is 15.3 Å². The van der Waals surface area contributed by atoms with Crippen LogP contribution in [0.1, 0.15) is 11.1 Å². The summed E-state index contributed by atoms with van der Waals surface area (Å²) in [5.74, 6) is 0.553. The first kappa shape index (κ1) is 20.3. The van der Waals surface area contributed by atoms with Crippen molar-refractivity contribution in [3.8, 4) is 28.3 Å². The Morgan fingerprint density at radius 1 is 0.824 bits per heavy atom. The first-order valence-corrected chi connectivity index (χ1v) is 11.7. The van der Waals surface area contributed by atoms with Gasteiger partial charge in [0.25, 0.3) is 5.56 Å². The maximum Gasteiger partial charge on any atom is 0.291 e. The molecule has 6 aromatic rings. The molecule has 0 unspecified atom stereocenters. The van der Waals surface area contributed by atoms with E-state index >= 15 is 0 Å². The van der Waals surface area contributed by atoms with Gasteiger partial charge in [-0.05, 0) is 25.1 Å². The smallest absolute Gasteiger partial charge is 0.266 e. The summed E-state index contributed by atoms with van der Waals surface area (Å²) >= 11 is 1.33. The first-order valence-electron chi connectivity index (χ1n) is 10.8. The number of thiazole rings is 1. The van der Waals surface area contributed by atoms with E-state index in [-0.39, 0.29) is 5.56 Å². The second-order valence-electron chi connectivity index (χ2n) is 7.99. The normalized spacial score (nSPS) is 12.0. The van der Waals surface area contributed by atoms with Crippen molar-refractivity contribution in [2.45, 2.75) is 6.92 Å². The predicted octanol–water partition coefficient (Wildman–Crippen LogP) is 4.53. The topological polar surface area (TPSA) is 65.1 Å². The fraction of sp³-hybridized carbons (Fsp3) is 0.0370. The fourth-order valence-corrected chi connectivity index (χ4v) is 4.72. The van der Waals surface area contributed by atoms with E-state index in [9.17, 15) is 4.79 Å². The van der Waals surface area contributed by atoms with Crippen molar-refractivity contribution < 1.29 is 0 Å². The van der Waals surface area contributed by atoms with Crippen LogP contribution in [0.3, 0.4) is 0 Å². The molecule has 0 amide bonds. The van der Waals surface area contributed by atoms with Crippen LogP contribution in [-0.4, -0.2) is 24.4 Å². The quantitative estimate of drug-likeness (QED) is 0.387. The molecule has 0 saturated carbocycles. The third-order valence-electron chi connectivity index (χ3n) is 5.59. The number of aromatic nitrogens is 5. The summed E-state index contributed by atoms with van der Waals surface area (Å²) in [5, 5.41) is 9.30. The van der Waals surface area contributed by atoms with Crippen molar-refractivity contribution in [3.63, 3.8) is 0 Å². The van der Waals surface area contributed by atoms with E-state index in [1.807, 2.05) is 109 Å². The third-order valence-corrected chi connectivity index (χ3v) is 6.55. The van der Waals surface area contributed by atoms with Gasteiger partial charge >= 0.3 is 0 Å². The molecule has 6 nitrogen and oxygen atoms in total. The SMILES string of the molecule is Cc1ccc(-c2nc3s/c(=C\c4cn(-c5ccccc5)nc4-c4ccccc4)c(=O)n3n2)cc1. The number of aryl methyl sites for hydroxylation is 1. The van der Waals surface area contributed by atoms with Crippen LogP contribution in [0.2, 0.25) is 0 Å². The molecule has 0 aliphatic heterocycles. The number of nitrogens with zero attached hydrogens (tertiary/aromatic N) is 5. The van der Waals surface area contributed by atoms with Crippen LogP contribution in [-0.2, 0) is 0 Å². The zero-order valence-electron chi connectivity index (χ0n) is 18.3. The van der Waals surface area contributed by atoms with Gasteiger partial charge in [0.2, 0.25) is 4.96 Å². The Morgan fingerprint density at radius 3 is 2.24 bits per heavy atom. The fourth-order valence-electron chi connectivity index (χ4n) is 3.83. The molecule has 0 radical (unpaired) electrons. The molecule has 0 aliphatic carbocycles. The molecular formula is C27H19N5OS. The van der Waals surface area contributed by atoms with Gasteiger partial charge in [-0.25, -0.2) is 4.68 Å². The minimum absolute atomic E-state index is 0.183. The highest BCUT2D eigenvalue weighted by Crippen LogP contribution is 2.24. The number of para-hydroxylation sites is 1. The maximum atomic E-state index is 13.2. The van der Waals surface area contributed by atoms with Crippen LogP contribution in [0, 0.1) is 6.92 Å². The molecule has 3 aromatic carbocycles. The van der Waals surface area contributed by atoms with Gasteiger partial charge in [-0.15, -0.1) is 5.10 Å². The highest BCUT2D eigenvalue weighted by atomic mass is 32.1. The van der Waals surface area contributed by atoms with Crippen LogP contribution in [0.15, 0.2) is 95.9 Å². The summed E-state index contributed by atoms with van der Waals surface area (Å²) < 4.78 is 3.79. The van der Waals surface area contributed by atoms with Gasteiger partial charge in [0, 0.05) is 22.9 Å². The molecule has 0 spiro atoms. The van der Waals surface area contributed by atoms with Gasteiger partial charge in [0.15, 0.2) is 5.82 Å². The molecule has 0 N–H and O–H groups in total. The molecule has 3 aromatic heterocycles. The number of hydrogen-bond acceptors (Lipinski definition) is 5. The lowest BCUT2D eigenvalue weighted by atomic mass is 10.1. The molecule has 34 heavy (non-hydrogen) atoms. The van der Waals surface area contributed by atoms with Gasteiger partial charge in [-0.1, -0.05) is 89.7 Å². The minimum Gasteiger partial charge on any atom is -0.266 e. The van der Waals surface area contributed by atoms with Crippen LogP contribution in [0.4, 0.5) is 0 Å². The second kappa shape index (κ2) is 8.20. The third kappa shape index (κ3) is 3.62. The highest BCUT2D eigenvalue weighted by molar-refractivity contribution is 7.15. The molecule has 0 aliphatic rings. The Morgan fingerprint density at radius 2 is 1.53 bits per heavy atom. The van der Waals surface area contributed by atoms with Crippen LogP contribution in [0.5, 0.6) is 0 Å². The standard InChI is InChI=1S/C27H19N5OS/c1-18-12-14-20(15-13-18)25-28-27-32(30-25)26(33)23(34-27)16-21-17-31(22-10-6-3-7-11-22)29-24(21)19-8-4-2-5-9-19/h2-17H,1H3/b23-16-. The van der Waals surface area contributed by atoms with Crippen molar-refractivity contribution in [2.75, 3.05) is 0 Å². The summed E-state index contributed by atoms with van der Waals surface area (Å²) in [5.41, 5.74) is 5.47. The van der Waals surface area contributed by atoms with Gasteiger partial charge in [0.1, 0.15) is 0 Å². The van der Waals surface area contributed by atoms with E-state index in [2.05, 4.69) is 10.1 Å². The Balaban J connectivity index is 1.48. The van der Waals surface area contributed by atoms with Gasteiger partial charge < -0.3 is 0 Å². The largest absolute Gasteiger partial charge is 0.291 e. The molecular weight excluding hydrogens is 442 g/mol. The average molecular weight is 462 g/mol. The number of rotatable bonds is 4. The molecule has 0 saturated heterocycles. The minimum atomic E-state index is -0.183. The van der Waals surface area contributed by atoms with Crippen LogP contribution >= 0.6 is 11.3 Å². The zero-order chi connectivity index (χ0) is 23.1. The molecule has 6 rings (SSSR count). The highest BCUT2D eigenvalue weighted by Gasteiger charge is 2.14. The van der Waals surface area contributed by atoms with Crippen molar-refractivity contribution in [1.29, 1.82) is 0 Å². The predicted molar refractivity (Wildman–Crippen MR) is 135 cm³/mol. The number of fused-ring (bicyclic) bond motifs is 1. The van der Waals surface area contributed by atoms with Crippen LogP contribution in [0.25, 0.3) is 39.4 Å². The van der Waals surface area contributed by atoms with E-state index in [1.165, 1.54) is 15.9 Å². The van der Waals surface area contributed by atoms with Crippen molar-refractivity contribution >= 4 is 22.4 Å². The monoisotopic (exact) mass is 461 g/mol. The van der Waals surface area contributed by atoms with E-state index in [4.69, 9.17) is 5.10 Å². The Labute approximate surface area is 199 Å². The van der Waals surface area contributed by atoms with Crippen LogP contribution < -0.4 is 10.1 Å². The van der Waals surface area contributed by atoms with Crippen molar-refractivity contribution in [1.82, 2.24) is 24.4 Å². The molecule has 7 heteroatoms. The molecule has 3 heterocycles. The average Bonchev–Trinajstić information content (AvgIpc) is 3.56. The lowest BCUT2D eigenvalue weighted by Crippen LogP contribution is -2.23. The molecule has 0 bridgehead atoms. The lowest BCUT2D eigenvalue weighted by molar-refractivity contribution is 0.884. The summed E-state index contributed by atoms with van der Waals surface area (Å²) in [4.78, 5) is 18.3. The summed E-state index contributed by atoms with van der Waals surface area (Å²) in [6, 6.07) is 27.9. The number of hydrogen-bond donors (Lipinski definition) is 0. The van der Waals surface area contributed by atoms with Gasteiger partial charge in [0.05, 0.1) is 15.9 Å². The maximum absolute atomic E-state index is 13.2. The van der Waals surface area contributed by atoms with Crippen molar-refractivity contribution in [3.05, 3.63) is 117 Å². The van der Waals surface area contributed by atoms with Crippen molar-refractivity contribution in [2.24, 2.45) is 0 Å². The number of benzene rings is 3. The second-order valence-corrected chi connectivity index (χ2v) is 9.00. The Bertz CT molecular complexity index is 1720. The summed E-state index contributed by atoms with van der Waals surface area (Å²) in [7, 11) is 0.